The third-order valence-corrected chi connectivity index (χ3v) is 5.96. The van der Waals surface area contributed by atoms with Crippen molar-refractivity contribution >= 4 is 22.2 Å². The molecular formula is C25H20F2N2O2S. The Bertz CT molecular complexity index is 1250. The van der Waals surface area contributed by atoms with Crippen molar-refractivity contribution in [2.75, 3.05) is 5.32 Å². The van der Waals surface area contributed by atoms with Gasteiger partial charge < -0.3 is 15.5 Å². The van der Waals surface area contributed by atoms with Gasteiger partial charge in [-0.1, -0.05) is 49.0 Å². The van der Waals surface area contributed by atoms with E-state index in [0.717, 1.165) is 5.56 Å². The number of aromatic hydroxyl groups is 1. The number of phenols is 1. The molecule has 0 saturated heterocycles. The average molecular weight is 451 g/mol. The summed E-state index contributed by atoms with van der Waals surface area (Å²) in [6, 6.07) is 17.7. The van der Waals surface area contributed by atoms with Gasteiger partial charge in [-0.15, -0.1) is 11.3 Å². The van der Waals surface area contributed by atoms with Crippen LogP contribution < -0.4 is 5.32 Å². The number of hydrogen-bond acceptors (Lipinski definition) is 5. The molecule has 1 aromatic heterocycles. The fourth-order valence-corrected chi connectivity index (χ4v) is 4.27. The molecule has 7 heteroatoms. The summed E-state index contributed by atoms with van der Waals surface area (Å²) < 4.78 is 28.5. The Balaban J connectivity index is 1.63. The molecule has 0 aliphatic rings. The van der Waals surface area contributed by atoms with Crippen molar-refractivity contribution in [2.24, 2.45) is 0 Å². The van der Waals surface area contributed by atoms with Crippen molar-refractivity contribution in [3.63, 3.8) is 0 Å². The highest BCUT2D eigenvalue weighted by atomic mass is 32.1. The van der Waals surface area contributed by atoms with Crippen molar-refractivity contribution in [3.8, 4) is 17.0 Å². The van der Waals surface area contributed by atoms with E-state index in [1.165, 1.54) is 29.5 Å². The Morgan fingerprint density at radius 1 is 1.00 bits per heavy atom. The number of thiazole rings is 1. The van der Waals surface area contributed by atoms with Gasteiger partial charge in [0, 0.05) is 34.5 Å². The highest BCUT2D eigenvalue weighted by Crippen LogP contribution is 2.35. The summed E-state index contributed by atoms with van der Waals surface area (Å²) in [7, 11) is 0. The number of phenolic OH excluding ortho intramolecular Hbond substituents is 1. The van der Waals surface area contributed by atoms with E-state index < -0.39 is 11.6 Å². The molecule has 1 heterocycles. The van der Waals surface area contributed by atoms with Gasteiger partial charge in [-0.3, -0.25) is 0 Å². The third kappa shape index (κ3) is 4.78. The van der Waals surface area contributed by atoms with Crippen LogP contribution in [0, 0.1) is 11.6 Å². The van der Waals surface area contributed by atoms with Gasteiger partial charge in [-0.05, 0) is 29.8 Å². The first-order chi connectivity index (χ1) is 15.4. The lowest BCUT2D eigenvalue weighted by atomic mass is 10.1. The minimum atomic E-state index is -0.611. The zero-order valence-corrected chi connectivity index (χ0v) is 17.8. The van der Waals surface area contributed by atoms with Gasteiger partial charge >= 0.3 is 0 Å². The lowest BCUT2D eigenvalue weighted by Crippen LogP contribution is -1.99. The number of nitrogens with one attached hydrogen (secondary N) is 1. The van der Waals surface area contributed by atoms with Gasteiger partial charge in [0.25, 0.3) is 0 Å². The Hall–Kier alpha value is -3.71. The SMILES string of the molecule is C=C(O)c1ccc(CNc2nc(-c3cccc(O)c3)c(Cc3c(F)cccc3F)s2)cc1. The minimum Gasteiger partial charge on any atom is -0.508 e. The van der Waals surface area contributed by atoms with Crippen LogP contribution in [0.2, 0.25) is 0 Å². The molecule has 0 aliphatic carbocycles. The molecule has 0 aliphatic heterocycles. The van der Waals surface area contributed by atoms with E-state index in [4.69, 9.17) is 0 Å². The van der Waals surface area contributed by atoms with E-state index >= 15 is 0 Å². The van der Waals surface area contributed by atoms with Crippen LogP contribution in [0.3, 0.4) is 0 Å². The molecule has 4 nitrogen and oxygen atoms in total. The van der Waals surface area contributed by atoms with Gasteiger partial charge in [-0.25, -0.2) is 13.8 Å². The fourth-order valence-electron chi connectivity index (χ4n) is 3.28. The Morgan fingerprint density at radius 3 is 2.34 bits per heavy atom. The molecular weight excluding hydrogens is 430 g/mol. The van der Waals surface area contributed by atoms with E-state index in [0.29, 0.717) is 33.4 Å². The Morgan fingerprint density at radius 2 is 1.69 bits per heavy atom. The van der Waals surface area contributed by atoms with E-state index in [-0.39, 0.29) is 23.5 Å². The van der Waals surface area contributed by atoms with Gasteiger partial charge in [0.1, 0.15) is 23.1 Å². The van der Waals surface area contributed by atoms with Crippen LogP contribution in [0.5, 0.6) is 5.75 Å². The normalized spacial score (nSPS) is 10.8. The van der Waals surface area contributed by atoms with E-state index in [1.807, 2.05) is 12.1 Å². The molecule has 0 fully saturated rings. The molecule has 3 aromatic carbocycles. The van der Waals surface area contributed by atoms with Gasteiger partial charge in [-0.2, -0.15) is 0 Å². The zero-order valence-electron chi connectivity index (χ0n) is 17.0. The number of benzene rings is 3. The molecule has 0 spiro atoms. The molecule has 0 bridgehead atoms. The molecule has 3 N–H and O–H groups in total. The van der Waals surface area contributed by atoms with Crippen molar-refractivity contribution in [3.05, 3.63) is 107 Å². The van der Waals surface area contributed by atoms with Crippen molar-refractivity contribution in [1.29, 1.82) is 0 Å². The molecule has 162 valence electrons. The lowest BCUT2D eigenvalue weighted by Gasteiger charge is -2.06. The predicted molar refractivity (Wildman–Crippen MR) is 124 cm³/mol. The van der Waals surface area contributed by atoms with Crippen LogP contribution >= 0.6 is 11.3 Å². The van der Waals surface area contributed by atoms with Crippen LogP contribution in [0.25, 0.3) is 17.0 Å². The highest BCUT2D eigenvalue weighted by Gasteiger charge is 2.18. The number of nitrogens with zero attached hydrogens (tertiary/aromatic N) is 1. The topological polar surface area (TPSA) is 65.4 Å². The summed E-state index contributed by atoms with van der Waals surface area (Å²) in [6.45, 7) is 3.97. The van der Waals surface area contributed by atoms with Crippen LogP contribution in [-0.2, 0) is 13.0 Å². The summed E-state index contributed by atoms with van der Waals surface area (Å²) in [5, 5.41) is 23.2. The van der Waals surface area contributed by atoms with Crippen molar-refractivity contribution < 1.29 is 19.0 Å². The standard InChI is InChI=1S/C25H20F2N2O2S/c1-15(30)17-10-8-16(9-11-17)14-28-25-29-24(18-4-2-5-19(31)12-18)23(32-25)13-20-21(26)6-3-7-22(20)27/h2-12,30-31H,1,13-14H2,(H,28,29). The maximum Gasteiger partial charge on any atom is 0.183 e. The molecule has 0 saturated carbocycles. The number of aliphatic hydroxyl groups excluding tert-OH is 1. The highest BCUT2D eigenvalue weighted by molar-refractivity contribution is 7.16. The Labute approximate surface area is 188 Å². The molecule has 0 radical (unpaired) electrons. The number of aliphatic hydroxyl groups is 1. The summed E-state index contributed by atoms with van der Waals surface area (Å²) in [5.41, 5.74) is 2.80. The van der Waals surface area contributed by atoms with Crippen LogP contribution in [0.4, 0.5) is 13.9 Å². The first-order valence-corrected chi connectivity index (χ1v) is 10.7. The van der Waals surface area contributed by atoms with Crippen LogP contribution in [0.15, 0.2) is 73.3 Å². The Kier molecular flexibility index (Phi) is 6.18. The summed E-state index contributed by atoms with van der Waals surface area (Å²) in [4.78, 5) is 5.31. The average Bonchev–Trinajstić information content (AvgIpc) is 3.18. The quantitative estimate of drug-likeness (QED) is 0.280. The van der Waals surface area contributed by atoms with Crippen LogP contribution in [-0.4, -0.2) is 15.2 Å². The second-order valence-corrected chi connectivity index (χ2v) is 8.30. The second-order valence-electron chi connectivity index (χ2n) is 7.22. The van der Waals surface area contributed by atoms with Crippen molar-refractivity contribution in [1.82, 2.24) is 4.98 Å². The number of hydrogen-bond donors (Lipinski definition) is 3. The predicted octanol–water partition coefficient (Wildman–Crippen LogP) is 6.53. The minimum absolute atomic E-state index is 0.00482. The smallest absolute Gasteiger partial charge is 0.183 e. The van der Waals surface area contributed by atoms with Crippen LogP contribution in [0.1, 0.15) is 21.6 Å². The summed E-state index contributed by atoms with van der Waals surface area (Å²) >= 11 is 1.31. The van der Waals surface area contributed by atoms with Crippen molar-refractivity contribution in [2.45, 2.75) is 13.0 Å². The van der Waals surface area contributed by atoms with E-state index in [9.17, 15) is 19.0 Å². The molecule has 4 rings (SSSR count). The van der Waals surface area contributed by atoms with Gasteiger partial charge in [0.15, 0.2) is 5.13 Å². The summed E-state index contributed by atoms with van der Waals surface area (Å²) in [6.07, 6.45) is 0.0378. The first kappa shape index (κ1) is 21.5. The third-order valence-electron chi connectivity index (χ3n) is 4.95. The second kappa shape index (κ2) is 9.20. The van der Waals surface area contributed by atoms with Gasteiger partial charge in [0.2, 0.25) is 0 Å². The number of anilines is 1. The fraction of sp³-hybridized carbons (Fsp3) is 0.0800. The number of halogens is 2. The number of rotatable bonds is 7. The largest absolute Gasteiger partial charge is 0.508 e. The lowest BCUT2D eigenvalue weighted by molar-refractivity contribution is 0.475. The number of aromatic nitrogens is 1. The molecule has 32 heavy (non-hydrogen) atoms. The molecule has 0 unspecified atom stereocenters. The monoisotopic (exact) mass is 450 g/mol. The molecule has 0 atom stereocenters. The first-order valence-electron chi connectivity index (χ1n) is 9.84. The maximum absolute atomic E-state index is 14.3. The maximum atomic E-state index is 14.3. The molecule has 4 aromatic rings. The summed E-state index contributed by atoms with van der Waals surface area (Å²) in [5.74, 6) is -1.13. The zero-order chi connectivity index (χ0) is 22.7. The molecule has 0 amide bonds. The van der Waals surface area contributed by atoms with Gasteiger partial charge in [0.05, 0.1) is 5.69 Å². The van der Waals surface area contributed by atoms with E-state index in [2.05, 4.69) is 16.9 Å². The van der Waals surface area contributed by atoms with E-state index in [1.54, 1.807) is 36.4 Å².